The third-order valence-electron chi connectivity index (χ3n) is 1.57. The summed E-state index contributed by atoms with van der Waals surface area (Å²) < 4.78 is 6.35. The van der Waals surface area contributed by atoms with Crippen molar-refractivity contribution in [3.05, 3.63) is 11.2 Å². The predicted octanol–water partition coefficient (Wildman–Crippen LogP) is 5.26. The maximum absolute atomic E-state index is 6.13. The van der Waals surface area contributed by atoms with E-state index in [2.05, 4.69) is 60.3 Å². The maximum atomic E-state index is 6.13. The number of rotatable bonds is 5. The Labute approximate surface area is 107 Å². The van der Waals surface area contributed by atoms with E-state index in [-0.39, 0.29) is 4.75 Å². The average molecular weight is 261 g/mol. The molecule has 0 radical (unpaired) electrons. The van der Waals surface area contributed by atoms with Crippen LogP contribution in [-0.4, -0.2) is 13.1 Å². The van der Waals surface area contributed by atoms with Crippen LogP contribution in [-0.2, 0) is 4.43 Å². The normalized spacial score (nSPS) is 14.4. The lowest BCUT2D eigenvalue weighted by Crippen LogP contribution is -2.25. The minimum absolute atomic E-state index is 0.225. The van der Waals surface area contributed by atoms with Gasteiger partial charge in [0.05, 0.1) is 0 Å². The first-order chi connectivity index (χ1) is 6.99. The second-order valence-corrected chi connectivity index (χ2v) is 12.8. The van der Waals surface area contributed by atoms with Gasteiger partial charge in [0.25, 0.3) is 0 Å². The highest BCUT2D eigenvalue weighted by Gasteiger charge is 2.22. The zero-order valence-corrected chi connectivity index (χ0v) is 14.0. The monoisotopic (exact) mass is 260 g/mol. The van der Waals surface area contributed by atoms with Crippen molar-refractivity contribution in [2.45, 2.75) is 65.4 Å². The van der Waals surface area contributed by atoms with Crippen molar-refractivity contribution in [2.24, 2.45) is 5.92 Å². The van der Waals surface area contributed by atoms with E-state index in [4.69, 9.17) is 4.43 Å². The fourth-order valence-electron chi connectivity index (χ4n) is 1.04. The Kier molecular flexibility index (Phi) is 6.19. The zero-order chi connectivity index (χ0) is 13.0. The van der Waals surface area contributed by atoms with Crippen LogP contribution in [0.15, 0.2) is 11.2 Å². The van der Waals surface area contributed by atoms with E-state index in [1.165, 1.54) is 0 Å². The number of allylic oxidation sites excluding steroid dienone is 1. The van der Waals surface area contributed by atoms with Crippen molar-refractivity contribution < 1.29 is 4.43 Å². The molecule has 0 fully saturated rings. The second-order valence-electron chi connectivity index (χ2n) is 6.58. The Morgan fingerprint density at radius 2 is 1.75 bits per heavy atom. The molecular weight excluding hydrogens is 232 g/mol. The molecule has 0 aliphatic heterocycles. The van der Waals surface area contributed by atoms with Gasteiger partial charge in [-0.2, -0.15) is 0 Å². The van der Waals surface area contributed by atoms with E-state index < -0.39 is 8.32 Å². The third-order valence-corrected chi connectivity index (χ3v) is 3.61. The van der Waals surface area contributed by atoms with Crippen molar-refractivity contribution >= 4 is 20.1 Å². The molecule has 0 saturated heterocycles. The molecule has 0 saturated carbocycles. The average Bonchev–Trinajstić information content (AvgIpc) is 1.93. The molecule has 0 aliphatic carbocycles. The summed E-state index contributed by atoms with van der Waals surface area (Å²) in [7, 11) is -1.48. The SMILES string of the molecule is CC(C)C/C=C(/O[Si](C)(C)C)SC(C)(C)C. The molecule has 0 aromatic carbocycles. The molecule has 0 N–H and O–H groups in total. The quantitative estimate of drug-likeness (QED) is 0.493. The van der Waals surface area contributed by atoms with E-state index in [0.29, 0.717) is 5.92 Å². The van der Waals surface area contributed by atoms with Crippen LogP contribution >= 0.6 is 11.8 Å². The first-order valence-corrected chi connectivity index (χ1v) is 10.3. The number of hydrogen-bond donors (Lipinski definition) is 0. The topological polar surface area (TPSA) is 9.23 Å². The van der Waals surface area contributed by atoms with E-state index >= 15 is 0 Å². The van der Waals surface area contributed by atoms with Gasteiger partial charge in [0.2, 0.25) is 8.32 Å². The molecule has 3 heteroatoms. The first kappa shape index (κ1) is 16.1. The summed E-state index contributed by atoms with van der Waals surface area (Å²) in [5.74, 6) is 0.695. The third kappa shape index (κ3) is 10.6. The molecule has 0 rings (SSSR count). The Bertz CT molecular complexity index is 215. The lowest BCUT2D eigenvalue weighted by Gasteiger charge is -2.26. The number of thioether (sulfide) groups is 1. The van der Waals surface area contributed by atoms with Crippen LogP contribution in [0.2, 0.25) is 19.6 Å². The number of hydrogen-bond acceptors (Lipinski definition) is 2. The molecule has 0 aromatic rings. The van der Waals surface area contributed by atoms with Crippen LogP contribution in [0.25, 0.3) is 0 Å². The van der Waals surface area contributed by atoms with Crippen LogP contribution in [0.4, 0.5) is 0 Å². The van der Waals surface area contributed by atoms with Crippen molar-refractivity contribution in [3.8, 4) is 0 Å². The lowest BCUT2D eigenvalue weighted by atomic mass is 10.1. The summed E-state index contributed by atoms with van der Waals surface area (Å²) in [5, 5.41) is 1.13. The Morgan fingerprint density at radius 1 is 1.25 bits per heavy atom. The summed E-state index contributed by atoms with van der Waals surface area (Å²) in [6.45, 7) is 17.9. The zero-order valence-electron chi connectivity index (χ0n) is 12.2. The highest BCUT2D eigenvalue weighted by atomic mass is 32.2. The van der Waals surface area contributed by atoms with Gasteiger partial charge >= 0.3 is 0 Å². The minimum atomic E-state index is -1.48. The van der Waals surface area contributed by atoms with Crippen molar-refractivity contribution in [2.75, 3.05) is 0 Å². The van der Waals surface area contributed by atoms with Crippen LogP contribution in [0.1, 0.15) is 41.0 Å². The summed E-state index contributed by atoms with van der Waals surface area (Å²) in [6.07, 6.45) is 3.36. The molecule has 0 aliphatic rings. The van der Waals surface area contributed by atoms with Crippen LogP contribution in [0, 0.1) is 5.92 Å². The summed E-state index contributed by atoms with van der Waals surface area (Å²) in [6, 6.07) is 0. The van der Waals surface area contributed by atoms with Gasteiger partial charge in [-0.15, -0.1) is 0 Å². The van der Waals surface area contributed by atoms with Crippen LogP contribution < -0.4 is 0 Å². The molecule has 1 nitrogen and oxygen atoms in total. The van der Waals surface area contributed by atoms with Crippen molar-refractivity contribution in [1.29, 1.82) is 0 Å². The first-order valence-electron chi connectivity index (χ1n) is 6.08. The molecule has 0 aromatic heterocycles. The van der Waals surface area contributed by atoms with Gasteiger partial charge in [-0.25, -0.2) is 0 Å². The van der Waals surface area contributed by atoms with E-state index in [9.17, 15) is 0 Å². The Hall–Kier alpha value is 0.107. The lowest BCUT2D eigenvalue weighted by molar-refractivity contribution is 0.456. The molecule has 16 heavy (non-hydrogen) atoms. The largest absolute Gasteiger partial charge is 0.540 e. The van der Waals surface area contributed by atoms with Crippen LogP contribution in [0.5, 0.6) is 0 Å². The van der Waals surface area contributed by atoms with Gasteiger partial charge < -0.3 is 4.43 Å². The van der Waals surface area contributed by atoms with Crippen molar-refractivity contribution in [3.63, 3.8) is 0 Å². The summed E-state index contributed by atoms with van der Waals surface area (Å²) in [5.41, 5.74) is 0. The van der Waals surface area contributed by atoms with Gasteiger partial charge in [-0.3, -0.25) is 0 Å². The van der Waals surface area contributed by atoms with E-state index in [0.717, 1.165) is 11.5 Å². The fraction of sp³-hybridized carbons (Fsp3) is 0.846. The van der Waals surface area contributed by atoms with Gasteiger partial charge in [-0.1, -0.05) is 46.4 Å². The van der Waals surface area contributed by atoms with Gasteiger partial charge in [0.15, 0.2) is 0 Å². The Morgan fingerprint density at radius 3 is 2.06 bits per heavy atom. The molecule has 0 amide bonds. The highest BCUT2D eigenvalue weighted by molar-refractivity contribution is 8.04. The molecule has 0 heterocycles. The molecule has 0 atom stereocenters. The maximum Gasteiger partial charge on any atom is 0.242 e. The predicted molar refractivity (Wildman–Crippen MR) is 79.3 cm³/mol. The highest BCUT2D eigenvalue weighted by Crippen LogP contribution is 2.34. The van der Waals surface area contributed by atoms with Gasteiger partial charge in [-0.05, 0) is 38.1 Å². The van der Waals surface area contributed by atoms with Crippen molar-refractivity contribution in [1.82, 2.24) is 0 Å². The van der Waals surface area contributed by atoms with E-state index in [1.807, 2.05) is 11.8 Å². The standard InChI is InChI=1S/C13H28OSSi/c1-11(2)9-10-12(14-16(6,7)8)15-13(3,4)5/h10-11H,9H2,1-8H3/b12-10-. The van der Waals surface area contributed by atoms with Gasteiger partial charge in [0.1, 0.15) is 5.09 Å². The molecule has 0 spiro atoms. The molecule has 0 bridgehead atoms. The fourth-order valence-corrected chi connectivity index (χ4v) is 3.43. The summed E-state index contributed by atoms with van der Waals surface area (Å²) in [4.78, 5) is 0. The Balaban J connectivity index is 4.58. The smallest absolute Gasteiger partial charge is 0.242 e. The van der Waals surface area contributed by atoms with Crippen LogP contribution in [0.3, 0.4) is 0 Å². The molecule has 96 valence electrons. The minimum Gasteiger partial charge on any atom is -0.540 e. The van der Waals surface area contributed by atoms with E-state index in [1.54, 1.807) is 0 Å². The molecule has 0 unspecified atom stereocenters. The summed E-state index contributed by atoms with van der Waals surface area (Å²) >= 11 is 1.84. The van der Waals surface area contributed by atoms with Gasteiger partial charge in [0, 0.05) is 4.75 Å². The molecular formula is C13H28OSSi. The second kappa shape index (κ2) is 6.15.